The van der Waals surface area contributed by atoms with Crippen LogP contribution in [0.2, 0.25) is 0 Å². The van der Waals surface area contributed by atoms with Crippen molar-refractivity contribution in [3.63, 3.8) is 0 Å². The van der Waals surface area contributed by atoms with E-state index in [9.17, 15) is 14.9 Å². The number of hydrogen-bond acceptors (Lipinski definition) is 7. The highest BCUT2D eigenvalue weighted by atomic mass is 35.5. The molecule has 1 fully saturated rings. The lowest BCUT2D eigenvalue weighted by molar-refractivity contribution is -0.391. The van der Waals surface area contributed by atoms with Gasteiger partial charge < -0.3 is 24.9 Å². The van der Waals surface area contributed by atoms with Crippen LogP contribution in [0.15, 0.2) is 30.5 Å². The number of carbonyl (C=O) groups is 1. The normalized spacial score (nSPS) is 14.2. The third-order valence-electron chi connectivity index (χ3n) is 4.22. The van der Waals surface area contributed by atoms with E-state index in [0.717, 1.165) is 13.1 Å². The van der Waals surface area contributed by atoms with Gasteiger partial charge in [-0.1, -0.05) is 0 Å². The monoisotopic (exact) mass is 411 g/mol. The lowest BCUT2D eigenvalue weighted by atomic mass is 10.3. The highest BCUT2D eigenvalue weighted by Gasteiger charge is 2.17. The average molecular weight is 412 g/mol. The fourth-order valence-corrected chi connectivity index (χ4v) is 2.69. The van der Waals surface area contributed by atoms with Crippen LogP contribution in [0.5, 0.6) is 5.75 Å². The van der Waals surface area contributed by atoms with Gasteiger partial charge in [0.2, 0.25) is 11.7 Å². The molecule has 11 heteroatoms. The minimum Gasteiger partial charge on any atom is -0.483 e. The van der Waals surface area contributed by atoms with Crippen LogP contribution in [-0.2, 0) is 23.2 Å². The van der Waals surface area contributed by atoms with Gasteiger partial charge in [0, 0.05) is 18.8 Å². The quantitative estimate of drug-likeness (QED) is 0.544. The van der Waals surface area contributed by atoms with Crippen molar-refractivity contribution in [2.24, 2.45) is 7.05 Å². The van der Waals surface area contributed by atoms with E-state index in [4.69, 9.17) is 9.47 Å². The van der Waals surface area contributed by atoms with E-state index in [2.05, 4.69) is 10.3 Å². The maximum absolute atomic E-state index is 12.1. The molecule has 3 rings (SSSR count). The summed E-state index contributed by atoms with van der Waals surface area (Å²) >= 11 is 0. The Balaban J connectivity index is 0.00000280. The molecule has 1 amide bonds. The highest BCUT2D eigenvalue weighted by molar-refractivity contribution is 5.92. The van der Waals surface area contributed by atoms with E-state index >= 15 is 0 Å². The van der Waals surface area contributed by atoms with E-state index < -0.39 is 4.92 Å². The van der Waals surface area contributed by atoms with Crippen LogP contribution in [0.25, 0.3) is 0 Å². The van der Waals surface area contributed by atoms with Gasteiger partial charge in [-0.15, -0.1) is 12.4 Å². The summed E-state index contributed by atoms with van der Waals surface area (Å²) < 4.78 is 12.2. The number of nitro groups is 1. The zero-order valence-electron chi connectivity index (χ0n) is 15.4. The maximum Gasteiger partial charge on any atom is 0.342 e. The summed E-state index contributed by atoms with van der Waals surface area (Å²) in [5.41, 5.74) is 0.674. The van der Waals surface area contributed by atoms with Crippen LogP contribution < -0.4 is 10.1 Å². The van der Waals surface area contributed by atoms with Gasteiger partial charge >= 0.3 is 5.82 Å². The predicted octanol–water partition coefficient (Wildman–Crippen LogP) is 1.60. The number of morpholine rings is 1. The van der Waals surface area contributed by atoms with Crippen LogP contribution in [0.1, 0.15) is 5.82 Å². The third-order valence-corrected chi connectivity index (χ3v) is 4.22. The van der Waals surface area contributed by atoms with Crippen molar-refractivity contribution in [3.05, 3.63) is 46.4 Å². The summed E-state index contributed by atoms with van der Waals surface area (Å²) in [7, 11) is 1.57. The molecule has 152 valence electrons. The van der Waals surface area contributed by atoms with Gasteiger partial charge in [-0.3, -0.25) is 9.69 Å². The lowest BCUT2D eigenvalue weighted by Gasteiger charge is -2.25. The maximum atomic E-state index is 12.1. The van der Waals surface area contributed by atoms with Crippen molar-refractivity contribution < 1.29 is 19.2 Å². The lowest BCUT2D eigenvalue weighted by Crippen LogP contribution is -2.41. The predicted molar refractivity (Wildman–Crippen MR) is 104 cm³/mol. The van der Waals surface area contributed by atoms with Crippen LogP contribution in [0.4, 0.5) is 11.5 Å². The molecule has 0 spiro atoms. The second-order valence-electron chi connectivity index (χ2n) is 6.10. The van der Waals surface area contributed by atoms with Gasteiger partial charge in [-0.2, -0.15) is 0 Å². The topological polar surface area (TPSA) is 112 Å². The van der Waals surface area contributed by atoms with E-state index in [0.29, 0.717) is 37.0 Å². The fraction of sp³-hybridized carbons (Fsp3) is 0.412. The number of amides is 1. The Labute approximate surface area is 168 Å². The fourth-order valence-electron chi connectivity index (χ4n) is 2.69. The first-order chi connectivity index (χ1) is 13.0. The van der Waals surface area contributed by atoms with Crippen molar-refractivity contribution in [1.82, 2.24) is 14.5 Å². The molecule has 10 nitrogen and oxygen atoms in total. The number of nitrogens with one attached hydrogen (secondary N) is 1. The number of halogens is 1. The van der Waals surface area contributed by atoms with Crippen LogP contribution in [0, 0.1) is 10.1 Å². The molecular formula is C17H22ClN5O5. The van der Waals surface area contributed by atoms with Crippen molar-refractivity contribution in [1.29, 1.82) is 0 Å². The molecular weight excluding hydrogens is 390 g/mol. The van der Waals surface area contributed by atoms with Crippen molar-refractivity contribution in [2.75, 3.05) is 38.2 Å². The number of aromatic nitrogens is 2. The van der Waals surface area contributed by atoms with Gasteiger partial charge in [-0.25, -0.2) is 9.55 Å². The molecule has 1 aromatic heterocycles. The number of nitrogens with zero attached hydrogens (tertiary/aromatic N) is 4. The molecule has 1 aromatic carbocycles. The van der Waals surface area contributed by atoms with E-state index in [1.807, 2.05) is 4.90 Å². The molecule has 0 aliphatic carbocycles. The Morgan fingerprint density at radius 2 is 2.00 bits per heavy atom. The molecule has 0 radical (unpaired) electrons. The van der Waals surface area contributed by atoms with Gasteiger partial charge in [0.1, 0.15) is 11.9 Å². The van der Waals surface area contributed by atoms with Crippen LogP contribution in [0.3, 0.4) is 0 Å². The van der Waals surface area contributed by atoms with Crippen molar-refractivity contribution in [2.45, 2.75) is 6.61 Å². The standard InChI is InChI=1S/C17H21N5O5.ClH/c1-20-15(18-10-17(20)22(24)25)12-27-14-4-2-13(3-5-14)19-16(23)11-21-6-8-26-9-7-21;/h2-5,10H,6-9,11-12H2,1H3,(H,19,23);1H. The average Bonchev–Trinajstić information content (AvgIpc) is 3.03. The van der Waals surface area contributed by atoms with Gasteiger partial charge in [0.15, 0.2) is 6.61 Å². The highest BCUT2D eigenvalue weighted by Crippen LogP contribution is 2.18. The Morgan fingerprint density at radius 3 is 2.61 bits per heavy atom. The first-order valence-corrected chi connectivity index (χ1v) is 8.51. The number of ether oxygens (including phenoxy) is 2. The summed E-state index contributed by atoms with van der Waals surface area (Å²) in [6, 6.07) is 6.93. The zero-order chi connectivity index (χ0) is 19.2. The Morgan fingerprint density at radius 1 is 1.32 bits per heavy atom. The minimum atomic E-state index is -0.495. The van der Waals surface area contributed by atoms with Gasteiger partial charge in [-0.05, 0) is 29.2 Å². The second kappa shape index (κ2) is 10.0. The van der Waals surface area contributed by atoms with E-state index in [1.165, 1.54) is 10.8 Å². The molecule has 2 heterocycles. The summed E-state index contributed by atoms with van der Waals surface area (Å²) in [6.07, 6.45) is 1.20. The molecule has 0 atom stereocenters. The molecule has 0 unspecified atom stereocenters. The Kier molecular flexibility index (Phi) is 7.73. The number of hydrogen-bond donors (Lipinski definition) is 1. The molecule has 1 saturated heterocycles. The molecule has 1 aliphatic heterocycles. The van der Waals surface area contributed by atoms with Crippen LogP contribution in [-0.4, -0.2) is 58.1 Å². The van der Waals surface area contributed by atoms with Crippen LogP contribution >= 0.6 is 12.4 Å². The summed E-state index contributed by atoms with van der Waals surface area (Å²) in [5, 5.41) is 13.7. The Hall–Kier alpha value is -2.69. The number of anilines is 1. The SMILES string of the molecule is Cl.Cn1c([N+](=O)[O-])cnc1COc1ccc(NC(=O)CN2CCOCC2)cc1. The first kappa shape index (κ1) is 21.6. The van der Waals surface area contributed by atoms with E-state index in [-0.39, 0.29) is 30.7 Å². The molecule has 28 heavy (non-hydrogen) atoms. The van der Waals surface area contributed by atoms with E-state index in [1.54, 1.807) is 31.3 Å². The minimum absolute atomic E-state index is 0. The molecule has 1 N–H and O–H groups in total. The van der Waals surface area contributed by atoms with Crippen molar-refractivity contribution >= 4 is 29.8 Å². The molecule has 0 saturated carbocycles. The zero-order valence-corrected chi connectivity index (χ0v) is 16.2. The number of imidazole rings is 1. The molecule has 2 aromatic rings. The summed E-state index contributed by atoms with van der Waals surface area (Å²) in [4.78, 5) is 28.4. The van der Waals surface area contributed by atoms with Gasteiger partial charge in [0.05, 0.1) is 26.8 Å². The van der Waals surface area contributed by atoms with Crippen molar-refractivity contribution in [3.8, 4) is 5.75 Å². The first-order valence-electron chi connectivity index (χ1n) is 8.51. The smallest absolute Gasteiger partial charge is 0.342 e. The summed E-state index contributed by atoms with van der Waals surface area (Å²) in [5.74, 6) is 0.856. The number of carbonyl (C=O) groups excluding carboxylic acids is 1. The van der Waals surface area contributed by atoms with Gasteiger partial charge in [0.25, 0.3) is 0 Å². The largest absolute Gasteiger partial charge is 0.483 e. The second-order valence-corrected chi connectivity index (χ2v) is 6.10. The molecule has 1 aliphatic rings. The third kappa shape index (κ3) is 5.65. The molecule has 0 bridgehead atoms. The Bertz CT molecular complexity index is 805. The number of rotatable bonds is 7. The number of benzene rings is 1. The summed E-state index contributed by atoms with van der Waals surface area (Å²) in [6.45, 7) is 3.25.